The van der Waals surface area contributed by atoms with E-state index < -0.39 is 0 Å². The molecule has 1 N–H and O–H groups in total. The van der Waals surface area contributed by atoms with Crippen LogP contribution in [0.4, 0.5) is 0 Å². The van der Waals surface area contributed by atoms with Gasteiger partial charge in [0.2, 0.25) is 0 Å². The minimum absolute atomic E-state index is 0.126. The lowest BCUT2D eigenvalue weighted by atomic mass is 10.1. The molecule has 0 amide bonds. The average molecular weight is 219 g/mol. The molecule has 0 spiro atoms. The minimum Gasteiger partial charge on any atom is -0.496 e. The van der Waals surface area contributed by atoms with Crippen molar-refractivity contribution in [1.82, 2.24) is 4.98 Å². The summed E-state index contributed by atoms with van der Waals surface area (Å²) in [6, 6.07) is 7.71. The summed E-state index contributed by atoms with van der Waals surface area (Å²) in [6.07, 6.45) is 2.09. The summed E-state index contributed by atoms with van der Waals surface area (Å²) in [5, 5.41) is 8.86. The molecule has 16 heavy (non-hydrogen) atoms. The van der Waals surface area contributed by atoms with E-state index in [1.807, 2.05) is 24.3 Å². The van der Waals surface area contributed by atoms with Gasteiger partial charge in [0.15, 0.2) is 5.89 Å². The average Bonchev–Trinajstić information content (AvgIpc) is 2.77. The molecule has 0 radical (unpaired) electrons. The van der Waals surface area contributed by atoms with Crippen molar-refractivity contribution in [2.75, 3.05) is 7.11 Å². The standard InChI is InChI=1S/C12H13NO3/c1-15-11-5-3-2-4-9(11)6-12-13-7-10(8-14)16-12/h2-5,7,14H,6,8H2,1H3. The van der Waals surface area contributed by atoms with E-state index in [9.17, 15) is 0 Å². The topological polar surface area (TPSA) is 55.5 Å². The molecule has 0 bridgehead atoms. The monoisotopic (exact) mass is 219 g/mol. The van der Waals surface area contributed by atoms with Crippen LogP contribution in [0.15, 0.2) is 34.9 Å². The molecule has 4 heteroatoms. The second-order valence-corrected chi connectivity index (χ2v) is 3.37. The highest BCUT2D eigenvalue weighted by Gasteiger charge is 2.07. The third-order valence-electron chi connectivity index (χ3n) is 2.29. The van der Waals surface area contributed by atoms with Gasteiger partial charge in [-0.05, 0) is 6.07 Å². The Hall–Kier alpha value is -1.81. The fourth-order valence-electron chi connectivity index (χ4n) is 1.51. The van der Waals surface area contributed by atoms with Crippen molar-refractivity contribution >= 4 is 0 Å². The van der Waals surface area contributed by atoms with E-state index in [1.54, 1.807) is 7.11 Å². The van der Waals surface area contributed by atoms with Gasteiger partial charge in [0, 0.05) is 5.56 Å². The van der Waals surface area contributed by atoms with Gasteiger partial charge in [0.05, 0.1) is 19.7 Å². The van der Waals surface area contributed by atoms with E-state index in [-0.39, 0.29) is 6.61 Å². The van der Waals surface area contributed by atoms with Crippen LogP contribution < -0.4 is 4.74 Å². The summed E-state index contributed by atoms with van der Waals surface area (Å²) in [7, 11) is 1.63. The molecule has 0 aliphatic heterocycles. The maximum absolute atomic E-state index is 8.86. The van der Waals surface area contributed by atoms with Gasteiger partial charge in [0.1, 0.15) is 18.1 Å². The van der Waals surface area contributed by atoms with Crippen LogP contribution in [-0.2, 0) is 13.0 Å². The highest BCUT2D eigenvalue weighted by molar-refractivity contribution is 5.34. The number of rotatable bonds is 4. The lowest BCUT2D eigenvalue weighted by Gasteiger charge is -2.05. The number of hydrogen-bond acceptors (Lipinski definition) is 4. The van der Waals surface area contributed by atoms with Crippen molar-refractivity contribution in [3.63, 3.8) is 0 Å². The summed E-state index contributed by atoms with van der Waals surface area (Å²) in [5.74, 6) is 1.87. The van der Waals surface area contributed by atoms with Crippen LogP contribution in [0.1, 0.15) is 17.2 Å². The molecule has 1 aromatic heterocycles. The number of aliphatic hydroxyl groups is 1. The lowest BCUT2D eigenvalue weighted by Crippen LogP contribution is -1.93. The van der Waals surface area contributed by atoms with Gasteiger partial charge < -0.3 is 14.3 Å². The third kappa shape index (κ3) is 2.23. The molecule has 1 heterocycles. The van der Waals surface area contributed by atoms with E-state index >= 15 is 0 Å². The molecule has 2 rings (SSSR count). The summed E-state index contributed by atoms with van der Waals surface area (Å²) >= 11 is 0. The van der Waals surface area contributed by atoms with Crippen LogP contribution in [0, 0.1) is 0 Å². The molecule has 0 aliphatic carbocycles. The van der Waals surface area contributed by atoms with E-state index in [1.165, 1.54) is 6.20 Å². The Labute approximate surface area is 93.5 Å². The second kappa shape index (κ2) is 4.81. The Morgan fingerprint density at radius 2 is 2.19 bits per heavy atom. The molecule has 0 unspecified atom stereocenters. The normalized spacial score (nSPS) is 10.4. The van der Waals surface area contributed by atoms with Crippen molar-refractivity contribution in [2.45, 2.75) is 13.0 Å². The van der Waals surface area contributed by atoms with Gasteiger partial charge in [-0.1, -0.05) is 18.2 Å². The van der Waals surface area contributed by atoms with Crippen LogP contribution in [-0.4, -0.2) is 17.2 Å². The molecule has 0 fully saturated rings. The summed E-state index contributed by atoms with van der Waals surface area (Å²) in [5.41, 5.74) is 1.01. The smallest absolute Gasteiger partial charge is 0.199 e. The Morgan fingerprint density at radius 3 is 2.88 bits per heavy atom. The molecule has 0 saturated carbocycles. The summed E-state index contributed by atoms with van der Waals surface area (Å²) in [6.45, 7) is -0.126. The van der Waals surface area contributed by atoms with Gasteiger partial charge in [-0.15, -0.1) is 0 Å². The first-order valence-corrected chi connectivity index (χ1v) is 5.00. The van der Waals surface area contributed by atoms with Gasteiger partial charge in [-0.3, -0.25) is 0 Å². The quantitative estimate of drug-likeness (QED) is 0.851. The summed E-state index contributed by atoms with van der Waals surface area (Å²) in [4.78, 5) is 4.08. The third-order valence-corrected chi connectivity index (χ3v) is 2.29. The van der Waals surface area contributed by atoms with Crippen molar-refractivity contribution in [3.05, 3.63) is 47.7 Å². The maximum Gasteiger partial charge on any atom is 0.199 e. The van der Waals surface area contributed by atoms with Crippen LogP contribution in [0.3, 0.4) is 0 Å². The Morgan fingerprint density at radius 1 is 1.38 bits per heavy atom. The fourth-order valence-corrected chi connectivity index (χ4v) is 1.51. The first kappa shape index (κ1) is 10.7. The molecule has 4 nitrogen and oxygen atoms in total. The zero-order valence-electron chi connectivity index (χ0n) is 9.01. The Bertz CT molecular complexity index is 465. The SMILES string of the molecule is COc1ccccc1Cc1ncc(CO)o1. The molecule has 1 aromatic carbocycles. The number of aliphatic hydroxyl groups excluding tert-OH is 1. The van der Waals surface area contributed by atoms with Crippen molar-refractivity contribution in [1.29, 1.82) is 0 Å². The number of methoxy groups -OCH3 is 1. The van der Waals surface area contributed by atoms with E-state index in [0.29, 0.717) is 18.1 Å². The number of hydrogen-bond donors (Lipinski definition) is 1. The molecule has 2 aromatic rings. The van der Waals surface area contributed by atoms with Crippen LogP contribution in [0.5, 0.6) is 5.75 Å². The first-order chi connectivity index (χ1) is 7.83. The van der Waals surface area contributed by atoms with E-state index in [2.05, 4.69) is 4.98 Å². The van der Waals surface area contributed by atoms with Crippen molar-refractivity contribution in [2.24, 2.45) is 0 Å². The molecule has 0 aliphatic rings. The van der Waals surface area contributed by atoms with Gasteiger partial charge in [-0.2, -0.15) is 0 Å². The number of benzene rings is 1. The van der Waals surface area contributed by atoms with Crippen LogP contribution >= 0.6 is 0 Å². The predicted octanol–water partition coefficient (Wildman–Crippen LogP) is 1.77. The molecule has 0 atom stereocenters. The molecule has 84 valence electrons. The number of nitrogens with zero attached hydrogens (tertiary/aromatic N) is 1. The van der Waals surface area contributed by atoms with Crippen molar-refractivity contribution in [3.8, 4) is 5.75 Å². The maximum atomic E-state index is 8.86. The first-order valence-electron chi connectivity index (χ1n) is 5.00. The number of oxazole rings is 1. The molecular formula is C12H13NO3. The largest absolute Gasteiger partial charge is 0.496 e. The Kier molecular flexibility index (Phi) is 3.22. The zero-order valence-corrected chi connectivity index (χ0v) is 9.01. The molecule has 0 saturated heterocycles. The van der Waals surface area contributed by atoms with Gasteiger partial charge in [-0.25, -0.2) is 4.98 Å². The summed E-state index contributed by atoms with van der Waals surface area (Å²) < 4.78 is 10.6. The van der Waals surface area contributed by atoms with Gasteiger partial charge >= 0.3 is 0 Å². The fraction of sp³-hybridized carbons (Fsp3) is 0.250. The minimum atomic E-state index is -0.126. The van der Waals surface area contributed by atoms with E-state index in [4.69, 9.17) is 14.3 Å². The zero-order chi connectivity index (χ0) is 11.4. The van der Waals surface area contributed by atoms with Gasteiger partial charge in [0.25, 0.3) is 0 Å². The highest BCUT2D eigenvalue weighted by atomic mass is 16.5. The molecular weight excluding hydrogens is 206 g/mol. The number of para-hydroxylation sites is 1. The number of aromatic nitrogens is 1. The second-order valence-electron chi connectivity index (χ2n) is 3.37. The van der Waals surface area contributed by atoms with Crippen LogP contribution in [0.25, 0.3) is 0 Å². The highest BCUT2D eigenvalue weighted by Crippen LogP contribution is 2.20. The van der Waals surface area contributed by atoms with E-state index in [0.717, 1.165) is 11.3 Å². The van der Waals surface area contributed by atoms with Crippen molar-refractivity contribution < 1.29 is 14.3 Å². The van der Waals surface area contributed by atoms with Crippen LogP contribution in [0.2, 0.25) is 0 Å². The Balaban J connectivity index is 2.19. The lowest BCUT2D eigenvalue weighted by molar-refractivity contribution is 0.244. The number of ether oxygens (including phenoxy) is 1. The predicted molar refractivity (Wildman–Crippen MR) is 58.2 cm³/mol.